The zero-order chi connectivity index (χ0) is 14.0. The predicted octanol–water partition coefficient (Wildman–Crippen LogP) is 1.99. The Morgan fingerprint density at radius 2 is 1.95 bits per heavy atom. The second kappa shape index (κ2) is 5.41. The van der Waals surface area contributed by atoms with Crippen molar-refractivity contribution in [2.75, 3.05) is 6.54 Å². The van der Waals surface area contributed by atoms with E-state index in [9.17, 15) is 9.90 Å². The standard InChI is InChI=1S/C17H21NO2/c19-16(13-6-2-1-3-7-13)18-12-17(20)10-14-8-4-5-9-15(14)11-17/h1-2,4-5,8-9,13,20H,3,6-7,10-12H2,(H,18,19). The molecule has 1 aromatic carbocycles. The second-order valence-corrected chi connectivity index (χ2v) is 6.05. The Hall–Kier alpha value is -1.61. The maximum atomic E-state index is 12.1. The summed E-state index contributed by atoms with van der Waals surface area (Å²) in [4.78, 5) is 12.1. The molecule has 1 unspecified atom stereocenters. The van der Waals surface area contributed by atoms with Crippen molar-refractivity contribution < 1.29 is 9.90 Å². The number of rotatable bonds is 3. The van der Waals surface area contributed by atoms with Crippen molar-refractivity contribution in [2.45, 2.75) is 37.7 Å². The summed E-state index contributed by atoms with van der Waals surface area (Å²) in [6.45, 7) is 0.348. The van der Waals surface area contributed by atoms with Crippen LogP contribution in [0.15, 0.2) is 36.4 Å². The third-order valence-electron chi connectivity index (χ3n) is 4.39. The minimum atomic E-state index is -0.816. The SMILES string of the molecule is O=C(NCC1(O)Cc2ccccc2C1)C1CC=CCC1. The van der Waals surface area contributed by atoms with Gasteiger partial charge < -0.3 is 10.4 Å². The molecule has 2 aliphatic rings. The molecule has 20 heavy (non-hydrogen) atoms. The van der Waals surface area contributed by atoms with Crippen molar-refractivity contribution in [3.8, 4) is 0 Å². The second-order valence-electron chi connectivity index (χ2n) is 6.05. The average molecular weight is 271 g/mol. The summed E-state index contributed by atoms with van der Waals surface area (Å²) in [7, 11) is 0. The fourth-order valence-electron chi connectivity index (χ4n) is 3.23. The molecule has 1 aromatic rings. The maximum absolute atomic E-state index is 12.1. The van der Waals surface area contributed by atoms with Gasteiger partial charge >= 0.3 is 0 Å². The van der Waals surface area contributed by atoms with Gasteiger partial charge in [0.15, 0.2) is 0 Å². The van der Waals surface area contributed by atoms with Gasteiger partial charge in [-0.3, -0.25) is 4.79 Å². The number of allylic oxidation sites excluding steroid dienone is 2. The summed E-state index contributed by atoms with van der Waals surface area (Å²) >= 11 is 0. The summed E-state index contributed by atoms with van der Waals surface area (Å²) in [6, 6.07) is 8.11. The van der Waals surface area contributed by atoms with Crippen molar-refractivity contribution in [2.24, 2.45) is 5.92 Å². The number of carbonyl (C=O) groups is 1. The molecule has 0 heterocycles. The van der Waals surface area contributed by atoms with Gasteiger partial charge in [0.1, 0.15) is 0 Å². The first-order chi connectivity index (χ1) is 9.66. The molecule has 0 radical (unpaired) electrons. The Morgan fingerprint density at radius 1 is 1.25 bits per heavy atom. The molecule has 3 rings (SSSR count). The van der Waals surface area contributed by atoms with E-state index in [0.29, 0.717) is 19.4 Å². The highest BCUT2D eigenvalue weighted by Gasteiger charge is 2.35. The largest absolute Gasteiger partial charge is 0.387 e. The van der Waals surface area contributed by atoms with Gasteiger partial charge in [-0.25, -0.2) is 0 Å². The van der Waals surface area contributed by atoms with Crippen LogP contribution in [0.2, 0.25) is 0 Å². The van der Waals surface area contributed by atoms with Crippen molar-refractivity contribution in [1.82, 2.24) is 5.32 Å². The number of nitrogens with one attached hydrogen (secondary N) is 1. The molecule has 0 aromatic heterocycles. The summed E-state index contributed by atoms with van der Waals surface area (Å²) in [5.74, 6) is 0.158. The van der Waals surface area contributed by atoms with Crippen LogP contribution in [-0.2, 0) is 17.6 Å². The number of fused-ring (bicyclic) bond motifs is 1. The topological polar surface area (TPSA) is 49.3 Å². The lowest BCUT2D eigenvalue weighted by Gasteiger charge is -2.25. The third kappa shape index (κ3) is 2.78. The molecule has 2 N–H and O–H groups in total. The molecule has 0 fully saturated rings. The molecule has 0 saturated heterocycles. The number of aliphatic hydroxyl groups is 1. The minimum Gasteiger partial charge on any atom is -0.387 e. The average Bonchev–Trinajstić information content (AvgIpc) is 2.82. The fraction of sp³-hybridized carbons (Fsp3) is 0.471. The molecule has 0 spiro atoms. The molecule has 0 bridgehead atoms. The van der Waals surface area contributed by atoms with Crippen LogP contribution in [0, 0.1) is 5.92 Å². The molecular formula is C17H21NO2. The number of carbonyl (C=O) groups excluding carboxylic acids is 1. The molecule has 2 aliphatic carbocycles. The van der Waals surface area contributed by atoms with E-state index in [-0.39, 0.29) is 11.8 Å². The zero-order valence-corrected chi connectivity index (χ0v) is 11.6. The van der Waals surface area contributed by atoms with Gasteiger partial charge in [-0.15, -0.1) is 0 Å². The number of hydrogen-bond donors (Lipinski definition) is 2. The van der Waals surface area contributed by atoms with Crippen LogP contribution in [-0.4, -0.2) is 23.2 Å². The molecule has 0 aliphatic heterocycles. The van der Waals surface area contributed by atoms with Crippen LogP contribution in [0.1, 0.15) is 30.4 Å². The maximum Gasteiger partial charge on any atom is 0.223 e. The monoisotopic (exact) mass is 271 g/mol. The Balaban J connectivity index is 1.56. The van der Waals surface area contributed by atoms with E-state index >= 15 is 0 Å². The van der Waals surface area contributed by atoms with Crippen molar-refractivity contribution >= 4 is 5.91 Å². The first-order valence-electron chi connectivity index (χ1n) is 7.38. The first kappa shape index (κ1) is 13.4. The minimum absolute atomic E-state index is 0.0763. The van der Waals surface area contributed by atoms with Crippen LogP contribution in [0.5, 0.6) is 0 Å². The fourth-order valence-corrected chi connectivity index (χ4v) is 3.23. The van der Waals surface area contributed by atoms with E-state index < -0.39 is 5.60 Å². The normalized spacial score (nSPS) is 23.4. The van der Waals surface area contributed by atoms with Crippen LogP contribution < -0.4 is 5.32 Å². The quantitative estimate of drug-likeness (QED) is 0.826. The van der Waals surface area contributed by atoms with Crippen LogP contribution in [0.25, 0.3) is 0 Å². The molecule has 3 heteroatoms. The molecule has 3 nitrogen and oxygen atoms in total. The van der Waals surface area contributed by atoms with Gasteiger partial charge in [0.2, 0.25) is 5.91 Å². The molecule has 0 saturated carbocycles. The summed E-state index contributed by atoms with van der Waals surface area (Å²) in [5.41, 5.74) is 1.58. The van der Waals surface area contributed by atoms with Crippen LogP contribution >= 0.6 is 0 Å². The summed E-state index contributed by atoms with van der Waals surface area (Å²) < 4.78 is 0. The first-order valence-corrected chi connectivity index (χ1v) is 7.38. The van der Waals surface area contributed by atoms with Gasteiger partial charge in [-0.05, 0) is 30.4 Å². The smallest absolute Gasteiger partial charge is 0.223 e. The van der Waals surface area contributed by atoms with E-state index in [0.717, 1.165) is 19.3 Å². The Kier molecular flexibility index (Phi) is 3.62. The van der Waals surface area contributed by atoms with Crippen molar-refractivity contribution in [3.63, 3.8) is 0 Å². The van der Waals surface area contributed by atoms with Gasteiger partial charge in [0.05, 0.1) is 5.60 Å². The van der Waals surface area contributed by atoms with E-state index in [2.05, 4.69) is 29.6 Å². The lowest BCUT2D eigenvalue weighted by Crippen LogP contribution is -2.45. The lowest BCUT2D eigenvalue weighted by atomic mass is 9.93. The number of hydrogen-bond acceptors (Lipinski definition) is 2. The highest BCUT2D eigenvalue weighted by atomic mass is 16.3. The number of amides is 1. The van der Waals surface area contributed by atoms with Gasteiger partial charge in [0, 0.05) is 25.3 Å². The zero-order valence-electron chi connectivity index (χ0n) is 11.6. The molecule has 1 atom stereocenters. The summed E-state index contributed by atoms with van der Waals surface area (Å²) in [6.07, 6.45) is 8.19. The Bertz CT molecular complexity index is 511. The van der Waals surface area contributed by atoms with Gasteiger partial charge in [0.25, 0.3) is 0 Å². The van der Waals surface area contributed by atoms with Crippen LogP contribution in [0.4, 0.5) is 0 Å². The van der Waals surface area contributed by atoms with Crippen molar-refractivity contribution in [1.29, 1.82) is 0 Å². The van der Waals surface area contributed by atoms with E-state index in [1.165, 1.54) is 11.1 Å². The van der Waals surface area contributed by atoms with E-state index in [1.54, 1.807) is 0 Å². The molecule has 106 valence electrons. The van der Waals surface area contributed by atoms with E-state index in [1.807, 2.05) is 12.1 Å². The Labute approximate surface area is 119 Å². The Morgan fingerprint density at radius 3 is 2.55 bits per heavy atom. The van der Waals surface area contributed by atoms with Crippen LogP contribution in [0.3, 0.4) is 0 Å². The van der Waals surface area contributed by atoms with E-state index in [4.69, 9.17) is 0 Å². The third-order valence-corrected chi connectivity index (χ3v) is 4.39. The molecule has 1 amide bonds. The summed E-state index contributed by atoms with van der Waals surface area (Å²) in [5, 5.41) is 13.6. The highest BCUT2D eigenvalue weighted by molar-refractivity contribution is 5.79. The van der Waals surface area contributed by atoms with Gasteiger partial charge in [-0.1, -0.05) is 36.4 Å². The predicted molar refractivity (Wildman–Crippen MR) is 78.3 cm³/mol. The number of benzene rings is 1. The lowest BCUT2D eigenvalue weighted by molar-refractivity contribution is -0.126. The highest BCUT2D eigenvalue weighted by Crippen LogP contribution is 2.29. The van der Waals surface area contributed by atoms with Gasteiger partial charge in [-0.2, -0.15) is 0 Å². The molecular weight excluding hydrogens is 250 g/mol. The van der Waals surface area contributed by atoms with Crippen molar-refractivity contribution in [3.05, 3.63) is 47.5 Å².